The Labute approximate surface area is 240 Å². The predicted molar refractivity (Wildman–Crippen MR) is 143 cm³/mol. The van der Waals surface area contributed by atoms with Crippen molar-refractivity contribution in [2.75, 3.05) is 13.2 Å². The molecule has 40 heavy (non-hydrogen) atoms. The molecule has 1 fully saturated rings. The number of carbonyl (C=O) groups excluding carboxylic acids is 1. The van der Waals surface area contributed by atoms with Gasteiger partial charge in [-0.3, -0.25) is 4.79 Å². The third-order valence-electron chi connectivity index (χ3n) is 7.06. The summed E-state index contributed by atoms with van der Waals surface area (Å²) in [6.07, 6.45) is -5.49. The van der Waals surface area contributed by atoms with E-state index in [1.54, 1.807) is 0 Å². The molecule has 2 aromatic carbocycles. The number of hydrogen-bond donors (Lipinski definition) is 4. The lowest BCUT2D eigenvalue weighted by molar-refractivity contribution is -0.137. The van der Waals surface area contributed by atoms with Crippen LogP contribution in [-0.2, 0) is 16.4 Å². The van der Waals surface area contributed by atoms with Crippen LogP contribution in [0.2, 0.25) is 10.0 Å². The highest BCUT2D eigenvalue weighted by Gasteiger charge is 2.60. The summed E-state index contributed by atoms with van der Waals surface area (Å²) in [7, 11) is 0. The maximum absolute atomic E-state index is 15.6. The van der Waals surface area contributed by atoms with E-state index >= 15 is 4.39 Å². The van der Waals surface area contributed by atoms with E-state index in [-0.39, 0.29) is 29.1 Å². The second-order valence-corrected chi connectivity index (χ2v) is 12.0. The van der Waals surface area contributed by atoms with E-state index < -0.39 is 70.0 Å². The van der Waals surface area contributed by atoms with Crippen LogP contribution in [0.5, 0.6) is 0 Å². The molecular formula is C28H31Cl2F4N3O3. The number of nitrogens with one attached hydrogen (secondary N) is 2. The zero-order valence-electron chi connectivity index (χ0n) is 22.1. The Morgan fingerprint density at radius 2 is 1.88 bits per heavy atom. The molecule has 1 aliphatic heterocycles. The molecule has 0 aliphatic carbocycles. The quantitative estimate of drug-likeness (QED) is 0.305. The number of amides is 1. The predicted octanol–water partition coefficient (Wildman–Crippen LogP) is 5.33. The van der Waals surface area contributed by atoms with Gasteiger partial charge in [0.1, 0.15) is 11.2 Å². The summed E-state index contributed by atoms with van der Waals surface area (Å²) in [5.74, 6) is -2.59. The standard InChI is InChI=1S/C28H31Cl2F4N3O3/c1-26(2,3)12-22-27(14-35,19-7-5-16(29)11-21(19)31)23(15-4-6-18(20(30)10-15)28(32,33)34)24(37-22)25(40)36-9-8-17(39)13-38/h4-7,10-11,17,22-24,37-39H,8-9,12-13H2,1-3H3,(H,36,40)/t17-,22-,23-,24+,27-/m0/s1. The van der Waals surface area contributed by atoms with Crippen LogP contribution < -0.4 is 10.6 Å². The summed E-state index contributed by atoms with van der Waals surface area (Å²) in [5.41, 5.74) is -3.20. The number of halogens is 6. The van der Waals surface area contributed by atoms with Crippen molar-refractivity contribution in [2.24, 2.45) is 5.41 Å². The third-order valence-corrected chi connectivity index (χ3v) is 7.61. The van der Waals surface area contributed by atoms with E-state index in [1.807, 2.05) is 20.8 Å². The Bertz CT molecular complexity index is 1280. The first kappa shape index (κ1) is 32.1. The monoisotopic (exact) mass is 603 g/mol. The molecule has 5 atom stereocenters. The highest BCUT2D eigenvalue weighted by atomic mass is 35.5. The van der Waals surface area contributed by atoms with Gasteiger partial charge in [-0.25, -0.2) is 4.39 Å². The van der Waals surface area contributed by atoms with E-state index in [1.165, 1.54) is 12.1 Å². The van der Waals surface area contributed by atoms with E-state index in [2.05, 4.69) is 16.7 Å². The van der Waals surface area contributed by atoms with Gasteiger partial charge in [0.15, 0.2) is 0 Å². The largest absolute Gasteiger partial charge is 0.417 e. The minimum absolute atomic E-state index is 0.0297. The van der Waals surface area contributed by atoms with Gasteiger partial charge in [-0.05, 0) is 48.1 Å². The van der Waals surface area contributed by atoms with Gasteiger partial charge in [0.05, 0.1) is 35.4 Å². The van der Waals surface area contributed by atoms with Crippen molar-refractivity contribution in [3.05, 3.63) is 69.0 Å². The molecule has 1 amide bonds. The molecule has 0 unspecified atom stereocenters. The second-order valence-electron chi connectivity index (χ2n) is 11.2. The van der Waals surface area contributed by atoms with E-state index in [0.717, 1.165) is 24.3 Å². The summed E-state index contributed by atoms with van der Waals surface area (Å²) in [4.78, 5) is 13.5. The van der Waals surface area contributed by atoms with Crippen molar-refractivity contribution in [1.29, 1.82) is 5.26 Å². The van der Waals surface area contributed by atoms with Crippen LogP contribution in [0.15, 0.2) is 36.4 Å². The lowest BCUT2D eigenvalue weighted by Crippen LogP contribution is -2.46. The van der Waals surface area contributed by atoms with Gasteiger partial charge in [0, 0.05) is 29.1 Å². The number of carbonyl (C=O) groups is 1. The molecule has 0 radical (unpaired) electrons. The summed E-state index contributed by atoms with van der Waals surface area (Å²) in [6, 6.07) is 7.03. The van der Waals surface area contributed by atoms with Gasteiger partial charge < -0.3 is 20.8 Å². The van der Waals surface area contributed by atoms with Crippen LogP contribution in [0.1, 0.15) is 56.2 Å². The first-order valence-corrected chi connectivity index (χ1v) is 13.4. The fourth-order valence-corrected chi connectivity index (χ4v) is 5.80. The Morgan fingerprint density at radius 1 is 1.20 bits per heavy atom. The van der Waals surface area contributed by atoms with Crippen LogP contribution in [0.25, 0.3) is 0 Å². The van der Waals surface area contributed by atoms with Crippen LogP contribution >= 0.6 is 23.2 Å². The SMILES string of the molecule is CC(C)(C)C[C@@H]1N[C@@H](C(=O)NCC[C@H](O)CO)[C@H](c2ccc(C(F)(F)F)c(Cl)c2)[C@@]1(C#N)c1ccc(Cl)cc1F. The van der Waals surface area contributed by atoms with Crippen LogP contribution in [0, 0.1) is 22.6 Å². The minimum atomic E-state index is -4.74. The average Bonchev–Trinajstić information content (AvgIpc) is 3.16. The molecule has 0 bridgehead atoms. The lowest BCUT2D eigenvalue weighted by atomic mass is 9.62. The first-order chi connectivity index (χ1) is 18.5. The van der Waals surface area contributed by atoms with Gasteiger partial charge in [-0.2, -0.15) is 18.4 Å². The topological polar surface area (TPSA) is 105 Å². The normalized spacial score (nSPS) is 24.0. The van der Waals surface area contributed by atoms with E-state index in [4.69, 9.17) is 28.3 Å². The second kappa shape index (κ2) is 12.2. The fraction of sp³-hybridized carbons (Fsp3) is 0.500. The molecule has 6 nitrogen and oxygen atoms in total. The Morgan fingerprint density at radius 3 is 2.40 bits per heavy atom. The Hall–Kier alpha value is -2.42. The number of alkyl halides is 3. The molecule has 1 saturated heterocycles. The first-order valence-electron chi connectivity index (χ1n) is 12.6. The van der Waals surface area contributed by atoms with Crippen molar-refractivity contribution < 1.29 is 32.6 Å². The number of nitrogens with zero attached hydrogens (tertiary/aromatic N) is 1. The van der Waals surface area contributed by atoms with Gasteiger partial charge >= 0.3 is 6.18 Å². The molecule has 1 aliphatic rings. The molecule has 0 saturated carbocycles. The lowest BCUT2D eigenvalue weighted by Gasteiger charge is -2.37. The fourth-order valence-electron chi connectivity index (χ4n) is 5.34. The molecule has 3 rings (SSSR count). The number of hydrogen-bond acceptors (Lipinski definition) is 5. The maximum atomic E-state index is 15.6. The number of rotatable bonds is 8. The summed E-state index contributed by atoms with van der Waals surface area (Å²) >= 11 is 12.1. The van der Waals surface area contributed by atoms with Gasteiger partial charge in [-0.15, -0.1) is 0 Å². The van der Waals surface area contributed by atoms with Crippen LogP contribution in [0.4, 0.5) is 17.6 Å². The molecule has 12 heteroatoms. The van der Waals surface area contributed by atoms with Gasteiger partial charge in [-0.1, -0.05) is 56.1 Å². The summed E-state index contributed by atoms with van der Waals surface area (Å²) in [5, 5.41) is 34.8. The zero-order valence-corrected chi connectivity index (χ0v) is 23.6. The molecule has 0 aromatic heterocycles. The third kappa shape index (κ3) is 6.72. The minimum Gasteiger partial charge on any atom is -0.394 e. The number of aliphatic hydroxyl groups excluding tert-OH is 2. The molecule has 0 spiro atoms. The highest BCUT2D eigenvalue weighted by Crippen LogP contribution is 2.52. The maximum Gasteiger partial charge on any atom is 0.417 e. The van der Waals surface area contributed by atoms with E-state index in [9.17, 15) is 28.3 Å². The van der Waals surface area contributed by atoms with Gasteiger partial charge in [0.25, 0.3) is 0 Å². The van der Waals surface area contributed by atoms with Crippen LogP contribution in [0.3, 0.4) is 0 Å². The Kier molecular flexibility index (Phi) is 9.80. The molecule has 4 N–H and O–H groups in total. The smallest absolute Gasteiger partial charge is 0.394 e. The molecular weight excluding hydrogens is 573 g/mol. The van der Waals surface area contributed by atoms with Gasteiger partial charge in [0.2, 0.25) is 5.91 Å². The van der Waals surface area contributed by atoms with E-state index in [0.29, 0.717) is 6.42 Å². The molecule has 2 aromatic rings. The summed E-state index contributed by atoms with van der Waals surface area (Å²) < 4.78 is 56.1. The van der Waals surface area contributed by atoms with Crippen molar-refractivity contribution in [3.63, 3.8) is 0 Å². The zero-order chi connectivity index (χ0) is 30.0. The number of nitriles is 1. The molecule has 1 heterocycles. The Balaban J connectivity index is 2.25. The van der Waals surface area contributed by atoms with Crippen molar-refractivity contribution in [3.8, 4) is 6.07 Å². The molecule has 218 valence electrons. The van der Waals surface area contributed by atoms with Crippen molar-refractivity contribution >= 4 is 29.1 Å². The van der Waals surface area contributed by atoms with Crippen LogP contribution in [-0.4, -0.2) is 47.5 Å². The number of benzene rings is 2. The highest BCUT2D eigenvalue weighted by molar-refractivity contribution is 6.31. The van der Waals surface area contributed by atoms with Crippen molar-refractivity contribution in [2.45, 2.75) is 69.3 Å². The number of aliphatic hydroxyl groups is 2. The van der Waals surface area contributed by atoms with Crippen molar-refractivity contribution in [1.82, 2.24) is 10.6 Å². The average molecular weight is 604 g/mol. The summed E-state index contributed by atoms with van der Waals surface area (Å²) in [6.45, 7) is 5.18.